The Morgan fingerprint density at radius 2 is 1.88 bits per heavy atom. The van der Waals surface area contributed by atoms with Crippen LogP contribution in [0.1, 0.15) is 47.3 Å². The number of piperidine rings is 1. The van der Waals surface area contributed by atoms with Gasteiger partial charge >= 0.3 is 6.18 Å². The highest BCUT2D eigenvalue weighted by atomic mass is 35.5. The molecular formula is C25H22ClF3N4O. The highest BCUT2D eigenvalue weighted by Crippen LogP contribution is 2.47. The normalized spacial score (nSPS) is 21.8. The number of hydrogen-bond acceptors (Lipinski definition) is 4. The molecule has 1 saturated heterocycles. The van der Waals surface area contributed by atoms with Crippen molar-refractivity contribution >= 4 is 17.5 Å². The van der Waals surface area contributed by atoms with E-state index >= 15 is 0 Å². The third kappa shape index (κ3) is 4.64. The van der Waals surface area contributed by atoms with Gasteiger partial charge in [0, 0.05) is 47.0 Å². The van der Waals surface area contributed by atoms with E-state index in [2.05, 4.69) is 15.0 Å². The summed E-state index contributed by atoms with van der Waals surface area (Å²) in [5, 5.41) is 0.456. The molecule has 1 aliphatic heterocycles. The molecule has 2 fully saturated rings. The number of hydrogen-bond donors (Lipinski definition) is 0. The maximum Gasteiger partial charge on any atom is 0.417 e. The molecular weight excluding hydrogens is 465 g/mol. The van der Waals surface area contributed by atoms with Gasteiger partial charge in [0.25, 0.3) is 5.91 Å². The second-order valence-corrected chi connectivity index (χ2v) is 9.28. The van der Waals surface area contributed by atoms with Crippen molar-refractivity contribution in [2.75, 3.05) is 0 Å². The Balaban J connectivity index is 1.38. The molecule has 2 aromatic heterocycles. The standard InChI is InChI=1S/C25H22ClF3N4O/c26-17-4-9-20(23-30-10-1-11-31-23)21(13-17)24(34)33-19(7-2-15-12-22(15)33)8-6-18-5-3-16(14-32-18)25(27,28)29/h1,3-5,9-11,13-15,19,22H,2,6-8,12H2/t15?,19-,22?/m0/s1. The molecule has 3 heterocycles. The topological polar surface area (TPSA) is 59.0 Å². The van der Waals surface area contributed by atoms with E-state index in [1.807, 2.05) is 4.90 Å². The van der Waals surface area contributed by atoms with Crippen LogP contribution in [0.5, 0.6) is 0 Å². The van der Waals surface area contributed by atoms with Gasteiger partial charge in [0.15, 0.2) is 5.82 Å². The highest BCUT2D eigenvalue weighted by molar-refractivity contribution is 6.31. The summed E-state index contributed by atoms with van der Waals surface area (Å²) in [5.41, 5.74) is 0.910. The summed E-state index contributed by atoms with van der Waals surface area (Å²) in [5.74, 6) is 0.847. The van der Waals surface area contributed by atoms with Crippen molar-refractivity contribution in [1.82, 2.24) is 19.9 Å². The van der Waals surface area contributed by atoms with Crippen LogP contribution in [0.3, 0.4) is 0 Å². The number of fused-ring (bicyclic) bond motifs is 1. The van der Waals surface area contributed by atoms with Gasteiger partial charge in [-0.05, 0) is 74.4 Å². The van der Waals surface area contributed by atoms with Gasteiger partial charge in [-0.25, -0.2) is 9.97 Å². The number of halogens is 4. The summed E-state index contributed by atoms with van der Waals surface area (Å²) in [4.78, 5) is 28.4. The first kappa shape index (κ1) is 22.8. The molecule has 0 bridgehead atoms. The van der Waals surface area contributed by atoms with Gasteiger partial charge in [-0.3, -0.25) is 9.78 Å². The summed E-state index contributed by atoms with van der Waals surface area (Å²) >= 11 is 6.26. The van der Waals surface area contributed by atoms with Gasteiger partial charge in [-0.15, -0.1) is 0 Å². The van der Waals surface area contributed by atoms with Crippen molar-refractivity contribution in [2.24, 2.45) is 5.92 Å². The first-order valence-corrected chi connectivity index (χ1v) is 11.6. The van der Waals surface area contributed by atoms with E-state index in [1.54, 1.807) is 36.7 Å². The SMILES string of the molecule is O=C(c1cc(Cl)ccc1-c1ncccn1)N1C2CC2CC[C@H]1CCc1ccc(C(F)(F)F)cn1. The monoisotopic (exact) mass is 486 g/mol. The zero-order chi connectivity index (χ0) is 23.9. The Labute approximate surface area is 200 Å². The number of carbonyl (C=O) groups is 1. The van der Waals surface area contributed by atoms with E-state index < -0.39 is 11.7 Å². The smallest absolute Gasteiger partial charge is 0.332 e. The molecule has 176 valence electrons. The third-order valence-electron chi connectivity index (χ3n) is 6.65. The molecule has 2 aliphatic rings. The molecule has 5 rings (SSSR count). The average molecular weight is 487 g/mol. The minimum absolute atomic E-state index is 0.0242. The zero-order valence-corrected chi connectivity index (χ0v) is 18.9. The minimum Gasteiger partial charge on any atom is -0.332 e. The first-order valence-electron chi connectivity index (χ1n) is 11.2. The molecule has 1 saturated carbocycles. The second kappa shape index (κ2) is 8.98. The lowest BCUT2D eigenvalue weighted by molar-refractivity contribution is -0.137. The van der Waals surface area contributed by atoms with Gasteiger partial charge < -0.3 is 4.90 Å². The fraction of sp³-hybridized carbons (Fsp3) is 0.360. The predicted octanol–water partition coefficient (Wildman–Crippen LogP) is 5.84. The molecule has 9 heteroatoms. The molecule has 3 atom stereocenters. The number of nitrogens with zero attached hydrogens (tertiary/aromatic N) is 4. The van der Waals surface area contributed by atoms with Crippen LogP contribution in [-0.4, -0.2) is 37.8 Å². The first-order chi connectivity index (χ1) is 16.3. The summed E-state index contributed by atoms with van der Waals surface area (Å²) in [6.45, 7) is 0. The molecule has 5 nitrogen and oxygen atoms in total. The summed E-state index contributed by atoms with van der Waals surface area (Å²) in [6, 6.07) is 9.48. The Hall–Kier alpha value is -3.00. The lowest BCUT2D eigenvalue weighted by Gasteiger charge is -2.36. The number of rotatable bonds is 5. The van der Waals surface area contributed by atoms with E-state index in [0.717, 1.165) is 31.5 Å². The van der Waals surface area contributed by atoms with Crippen molar-refractivity contribution in [3.63, 3.8) is 0 Å². The van der Waals surface area contributed by atoms with Crippen LogP contribution in [0.2, 0.25) is 5.02 Å². The molecule has 2 unspecified atom stereocenters. The lowest BCUT2D eigenvalue weighted by atomic mass is 9.95. The van der Waals surface area contributed by atoms with Crippen LogP contribution in [0.15, 0.2) is 55.0 Å². The Morgan fingerprint density at radius 3 is 2.59 bits per heavy atom. The number of alkyl halides is 3. The third-order valence-corrected chi connectivity index (χ3v) is 6.88. The maximum atomic E-state index is 13.8. The van der Waals surface area contributed by atoms with E-state index in [9.17, 15) is 18.0 Å². The van der Waals surface area contributed by atoms with Crippen LogP contribution in [0.4, 0.5) is 13.2 Å². The molecule has 1 aliphatic carbocycles. The van der Waals surface area contributed by atoms with Crippen LogP contribution >= 0.6 is 11.6 Å². The fourth-order valence-electron chi connectivity index (χ4n) is 4.82. The number of pyridine rings is 1. The summed E-state index contributed by atoms with van der Waals surface area (Å²) in [7, 11) is 0. The fourth-order valence-corrected chi connectivity index (χ4v) is 4.99. The highest BCUT2D eigenvalue weighted by Gasteiger charge is 2.50. The van der Waals surface area contributed by atoms with Crippen molar-refractivity contribution in [3.05, 3.63) is 76.8 Å². The molecule has 0 N–H and O–H groups in total. The average Bonchev–Trinajstić information content (AvgIpc) is 3.62. The maximum absolute atomic E-state index is 13.8. The second-order valence-electron chi connectivity index (χ2n) is 8.84. The van der Waals surface area contributed by atoms with Crippen molar-refractivity contribution in [1.29, 1.82) is 0 Å². The number of carbonyl (C=O) groups excluding carboxylic acids is 1. The molecule has 34 heavy (non-hydrogen) atoms. The minimum atomic E-state index is -4.41. The lowest BCUT2D eigenvalue weighted by Crippen LogP contribution is -2.45. The number of benzene rings is 1. The molecule has 1 aromatic carbocycles. The Kier molecular flexibility index (Phi) is 6.02. The van der Waals surface area contributed by atoms with Gasteiger partial charge in [0.1, 0.15) is 0 Å². The Bertz CT molecular complexity index is 1190. The number of likely N-dealkylation sites (tertiary alicyclic amines) is 1. The molecule has 3 aromatic rings. The predicted molar refractivity (Wildman–Crippen MR) is 121 cm³/mol. The van der Waals surface area contributed by atoms with Gasteiger partial charge in [-0.2, -0.15) is 13.2 Å². The van der Waals surface area contributed by atoms with Gasteiger partial charge in [-0.1, -0.05) is 11.6 Å². The molecule has 0 radical (unpaired) electrons. The summed E-state index contributed by atoms with van der Waals surface area (Å²) < 4.78 is 38.5. The number of aromatic nitrogens is 3. The Morgan fingerprint density at radius 1 is 1.09 bits per heavy atom. The largest absolute Gasteiger partial charge is 0.417 e. The van der Waals surface area contributed by atoms with Gasteiger partial charge in [0.05, 0.1) is 11.1 Å². The van der Waals surface area contributed by atoms with Crippen molar-refractivity contribution in [2.45, 2.75) is 50.4 Å². The van der Waals surface area contributed by atoms with E-state index in [1.165, 1.54) is 6.07 Å². The molecule has 0 spiro atoms. The number of amides is 1. The molecule has 1 amide bonds. The summed E-state index contributed by atoms with van der Waals surface area (Å²) in [6.07, 6.45) is 3.71. The number of aryl methyl sites for hydroxylation is 1. The quantitative estimate of drug-likeness (QED) is 0.455. The van der Waals surface area contributed by atoms with E-state index in [-0.39, 0.29) is 18.0 Å². The van der Waals surface area contributed by atoms with Crippen LogP contribution in [-0.2, 0) is 12.6 Å². The van der Waals surface area contributed by atoms with Gasteiger partial charge in [0.2, 0.25) is 0 Å². The van der Waals surface area contributed by atoms with E-state index in [4.69, 9.17) is 11.6 Å². The zero-order valence-electron chi connectivity index (χ0n) is 18.2. The van der Waals surface area contributed by atoms with Crippen molar-refractivity contribution < 1.29 is 18.0 Å². The van der Waals surface area contributed by atoms with Crippen LogP contribution in [0.25, 0.3) is 11.4 Å². The van der Waals surface area contributed by atoms with Crippen LogP contribution in [0, 0.1) is 5.92 Å². The van der Waals surface area contributed by atoms with Crippen molar-refractivity contribution in [3.8, 4) is 11.4 Å². The van der Waals surface area contributed by atoms with E-state index in [0.29, 0.717) is 46.4 Å². The van der Waals surface area contributed by atoms with Crippen LogP contribution < -0.4 is 0 Å².